The summed E-state index contributed by atoms with van der Waals surface area (Å²) in [5, 5.41) is 4.44. The second kappa shape index (κ2) is 11.5. The largest absolute Gasteiger partial charge is 0.497 e. The normalized spacial score (nSPS) is 13.6. The van der Waals surface area contributed by atoms with E-state index in [0.717, 1.165) is 44.5 Å². The van der Waals surface area contributed by atoms with Crippen molar-refractivity contribution in [1.82, 2.24) is 10.3 Å². The molecule has 0 bridgehead atoms. The Hall–Kier alpha value is -1.35. The minimum Gasteiger partial charge on any atom is -0.497 e. The molecule has 1 aromatic heterocycles. The van der Waals surface area contributed by atoms with Gasteiger partial charge in [0.1, 0.15) is 5.75 Å². The fourth-order valence-electron chi connectivity index (χ4n) is 3.13. The summed E-state index contributed by atoms with van der Waals surface area (Å²) in [7, 11) is 1.68. The van der Waals surface area contributed by atoms with E-state index in [0.29, 0.717) is 5.96 Å². The highest BCUT2D eigenvalue weighted by atomic mass is 127. The van der Waals surface area contributed by atoms with E-state index in [2.05, 4.69) is 22.4 Å². The van der Waals surface area contributed by atoms with E-state index >= 15 is 0 Å². The lowest BCUT2D eigenvalue weighted by Crippen LogP contribution is -2.33. The topological polar surface area (TPSA) is 72.5 Å². The number of rotatable bonds is 8. The third-order valence-electron chi connectivity index (χ3n) is 4.60. The van der Waals surface area contributed by atoms with E-state index in [1.807, 2.05) is 23.5 Å². The van der Waals surface area contributed by atoms with Crippen LogP contribution < -0.4 is 15.8 Å². The molecule has 0 aliphatic heterocycles. The number of thiazole rings is 1. The van der Waals surface area contributed by atoms with Gasteiger partial charge in [-0.2, -0.15) is 0 Å². The van der Waals surface area contributed by atoms with Crippen LogP contribution in [0.15, 0.2) is 29.3 Å². The zero-order chi connectivity index (χ0) is 18.2. The number of fused-ring (bicyclic) bond motifs is 1. The number of methoxy groups -OCH3 is 1. The van der Waals surface area contributed by atoms with Crippen molar-refractivity contribution in [2.75, 3.05) is 20.2 Å². The lowest BCUT2D eigenvalue weighted by Gasteiger charge is -2.06. The Labute approximate surface area is 182 Å². The van der Waals surface area contributed by atoms with Crippen molar-refractivity contribution in [3.8, 4) is 5.75 Å². The Morgan fingerprint density at radius 2 is 2.00 bits per heavy atom. The molecule has 0 saturated carbocycles. The van der Waals surface area contributed by atoms with Crippen molar-refractivity contribution in [3.63, 3.8) is 0 Å². The van der Waals surface area contributed by atoms with Crippen LogP contribution in [0.1, 0.15) is 40.4 Å². The molecule has 1 aliphatic rings. The van der Waals surface area contributed by atoms with Gasteiger partial charge in [-0.15, -0.1) is 35.3 Å². The Morgan fingerprint density at radius 1 is 1.22 bits per heavy atom. The molecule has 7 heteroatoms. The van der Waals surface area contributed by atoms with Crippen LogP contribution in [0.4, 0.5) is 0 Å². The van der Waals surface area contributed by atoms with Crippen molar-refractivity contribution in [2.45, 2.75) is 44.9 Å². The van der Waals surface area contributed by atoms with Gasteiger partial charge in [0.05, 0.1) is 17.8 Å². The van der Waals surface area contributed by atoms with E-state index < -0.39 is 0 Å². The maximum absolute atomic E-state index is 5.95. The number of nitrogens with one attached hydrogen (secondary N) is 1. The molecular formula is C20H29IN4OS. The maximum Gasteiger partial charge on any atom is 0.188 e. The lowest BCUT2D eigenvalue weighted by atomic mass is 10.0. The average molecular weight is 500 g/mol. The number of aromatic nitrogens is 1. The molecular weight excluding hydrogens is 471 g/mol. The molecule has 0 radical (unpaired) electrons. The van der Waals surface area contributed by atoms with E-state index in [1.54, 1.807) is 7.11 Å². The Morgan fingerprint density at radius 3 is 2.74 bits per heavy atom. The summed E-state index contributed by atoms with van der Waals surface area (Å²) < 4.78 is 5.16. The van der Waals surface area contributed by atoms with Crippen LogP contribution in [0.3, 0.4) is 0 Å². The number of nitrogens with zero attached hydrogens (tertiary/aromatic N) is 2. The third kappa shape index (κ3) is 6.95. The number of ether oxygens (including phenoxy) is 1. The first kappa shape index (κ1) is 21.9. The lowest BCUT2D eigenvalue weighted by molar-refractivity contribution is 0.414. The SMILES string of the molecule is COc1ccc(CCNC(N)=NCCCc2nc3c(s2)CCCC3)cc1.I. The molecule has 0 amide bonds. The van der Waals surface area contributed by atoms with Crippen LogP contribution in [0.2, 0.25) is 0 Å². The molecule has 0 atom stereocenters. The predicted octanol–water partition coefficient (Wildman–Crippen LogP) is 3.73. The van der Waals surface area contributed by atoms with E-state index in [9.17, 15) is 0 Å². The Bertz CT molecular complexity index is 707. The molecule has 27 heavy (non-hydrogen) atoms. The van der Waals surface area contributed by atoms with Crippen LogP contribution in [0.5, 0.6) is 5.75 Å². The van der Waals surface area contributed by atoms with Crippen molar-refractivity contribution >= 4 is 41.3 Å². The van der Waals surface area contributed by atoms with E-state index in [4.69, 9.17) is 15.5 Å². The van der Waals surface area contributed by atoms with Crippen molar-refractivity contribution in [1.29, 1.82) is 0 Å². The van der Waals surface area contributed by atoms with Gasteiger partial charge in [0, 0.05) is 24.4 Å². The quantitative estimate of drug-likeness (QED) is 0.251. The van der Waals surface area contributed by atoms with E-state index in [-0.39, 0.29) is 24.0 Å². The fourth-order valence-corrected chi connectivity index (χ4v) is 4.32. The standard InChI is InChI=1S/C20H28N4OS.HI/c1-25-16-10-8-15(9-11-16)12-14-23-20(21)22-13-4-7-19-24-17-5-2-3-6-18(17)26-19;/h8-11H,2-7,12-14H2,1H3,(H3,21,22,23);1H. The number of guanidine groups is 1. The van der Waals surface area contributed by atoms with Gasteiger partial charge < -0.3 is 15.8 Å². The molecule has 2 aromatic rings. The molecule has 0 spiro atoms. The Balaban J connectivity index is 0.00000261. The average Bonchev–Trinajstić information content (AvgIpc) is 3.09. The van der Waals surface area contributed by atoms with Crippen LogP contribution in [-0.2, 0) is 25.7 Å². The zero-order valence-corrected chi connectivity index (χ0v) is 19.0. The predicted molar refractivity (Wildman–Crippen MR) is 124 cm³/mol. The number of hydrogen-bond donors (Lipinski definition) is 2. The van der Waals surface area contributed by atoms with Gasteiger partial charge in [0.15, 0.2) is 5.96 Å². The second-order valence-electron chi connectivity index (χ2n) is 6.58. The maximum atomic E-state index is 5.95. The van der Waals surface area contributed by atoms with Gasteiger partial charge in [-0.1, -0.05) is 12.1 Å². The van der Waals surface area contributed by atoms with Gasteiger partial charge in [0.25, 0.3) is 0 Å². The van der Waals surface area contributed by atoms with Crippen molar-refractivity contribution in [2.24, 2.45) is 10.7 Å². The molecule has 1 aromatic carbocycles. The molecule has 0 fully saturated rings. The van der Waals surface area contributed by atoms with Gasteiger partial charge in [-0.3, -0.25) is 4.99 Å². The van der Waals surface area contributed by atoms with Gasteiger partial charge >= 0.3 is 0 Å². The van der Waals surface area contributed by atoms with E-state index in [1.165, 1.54) is 40.4 Å². The number of nitrogens with two attached hydrogens (primary N) is 1. The zero-order valence-electron chi connectivity index (χ0n) is 15.9. The monoisotopic (exact) mass is 500 g/mol. The van der Waals surface area contributed by atoms with Gasteiger partial charge in [-0.25, -0.2) is 4.98 Å². The minimum absolute atomic E-state index is 0. The number of aliphatic imine (C=N–C) groups is 1. The highest BCUT2D eigenvalue weighted by Gasteiger charge is 2.14. The highest BCUT2D eigenvalue weighted by Crippen LogP contribution is 2.27. The molecule has 1 aliphatic carbocycles. The molecule has 3 N–H and O–H groups in total. The smallest absolute Gasteiger partial charge is 0.188 e. The summed E-state index contributed by atoms with van der Waals surface area (Å²) in [6, 6.07) is 8.09. The fraction of sp³-hybridized carbons (Fsp3) is 0.500. The summed E-state index contributed by atoms with van der Waals surface area (Å²) in [5.74, 6) is 1.40. The van der Waals surface area contributed by atoms with Gasteiger partial charge in [0.2, 0.25) is 0 Å². The van der Waals surface area contributed by atoms with Crippen molar-refractivity contribution < 1.29 is 4.74 Å². The summed E-state index contributed by atoms with van der Waals surface area (Å²) in [5.41, 5.74) is 8.54. The number of aryl methyl sites for hydroxylation is 3. The number of benzene rings is 1. The summed E-state index contributed by atoms with van der Waals surface area (Å²) in [4.78, 5) is 10.7. The third-order valence-corrected chi connectivity index (χ3v) is 5.82. The summed E-state index contributed by atoms with van der Waals surface area (Å²) in [6.07, 6.45) is 7.89. The van der Waals surface area contributed by atoms with Crippen molar-refractivity contribution in [3.05, 3.63) is 45.4 Å². The minimum atomic E-state index is 0. The van der Waals surface area contributed by atoms with Crippen LogP contribution in [-0.4, -0.2) is 31.1 Å². The molecule has 5 nitrogen and oxygen atoms in total. The number of halogens is 1. The summed E-state index contributed by atoms with van der Waals surface area (Å²) >= 11 is 1.89. The Kier molecular flexibility index (Phi) is 9.33. The highest BCUT2D eigenvalue weighted by molar-refractivity contribution is 14.0. The van der Waals surface area contributed by atoms with Crippen LogP contribution in [0.25, 0.3) is 0 Å². The van der Waals surface area contributed by atoms with Gasteiger partial charge in [-0.05, 0) is 56.2 Å². The first-order valence-corrected chi connectivity index (χ1v) is 10.2. The first-order valence-electron chi connectivity index (χ1n) is 9.39. The van der Waals surface area contributed by atoms with Crippen LogP contribution in [0, 0.1) is 0 Å². The molecule has 148 valence electrons. The second-order valence-corrected chi connectivity index (χ2v) is 7.75. The number of hydrogen-bond acceptors (Lipinski definition) is 4. The molecule has 1 heterocycles. The molecule has 0 unspecified atom stereocenters. The molecule has 3 rings (SSSR count). The summed E-state index contributed by atoms with van der Waals surface area (Å²) in [6.45, 7) is 1.52. The van der Waals surface area contributed by atoms with Crippen LogP contribution >= 0.6 is 35.3 Å². The first-order chi connectivity index (χ1) is 12.7. The molecule has 0 saturated heterocycles.